The number of hydrogen-bond acceptors (Lipinski definition) is 3. The molecule has 0 radical (unpaired) electrons. The highest BCUT2D eigenvalue weighted by Gasteiger charge is 2.43. The van der Waals surface area contributed by atoms with Crippen LogP contribution in [0.2, 0.25) is 0 Å². The van der Waals surface area contributed by atoms with Crippen LogP contribution in [0.3, 0.4) is 0 Å². The molecule has 0 spiro atoms. The van der Waals surface area contributed by atoms with Crippen molar-refractivity contribution in [1.82, 2.24) is 0 Å². The first kappa shape index (κ1) is 16.5. The van der Waals surface area contributed by atoms with E-state index in [9.17, 15) is 13.5 Å². The molecule has 2 fully saturated rings. The number of fused-ring (bicyclic) bond motifs is 2. The van der Waals surface area contributed by atoms with Gasteiger partial charge in [-0.3, -0.25) is 4.55 Å². The first-order chi connectivity index (χ1) is 9.70. The molecule has 0 saturated heterocycles. The van der Waals surface area contributed by atoms with Crippen molar-refractivity contribution in [3.8, 4) is 0 Å². The van der Waals surface area contributed by atoms with Crippen molar-refractivity contribution in [2.45, 2.75) is 56.4 Å². The number of aliphatic hydroxyl groups is 1. The molecule has 5 heteroatoms. The van der Waals surface area contributed by atoms with E-state index in [4.69, 9.17) is 4.55 Å². The standard InChI is InChI=1S/C9H16O.C7H8O3S/c1-7-2-4-9(10)5-3-8(7)6-9;1-6-2-4-7(5-3-6)11(8,9)10/h7-8,10H,2-6H2,1H3;2-5H,1H3,(H,8,9,10). The Morgan fingerprint density at radius 1 is 1.14 bits per heavy atom. The Balaban J connectivity index is 0.000000154. The maximum absolute atomic E-state index is 10.5. The summed E-state index contributed by atoms with van der Waals surface area (Å²) in [6.45, 7) is 4.17. The highest BCUT2D eigenvalue weighted by atomic mass is 32.2. The van der Waals surface area contributed by atoms with E-state index in [-0.39, 0.29) is 10.5 Å². The van der Waals surface area contributed by atoms with Crippen LogP contribution in [0.5, 0.6) is 0 Å². The predicted octanol–water partition coefficient (Wildman–Crippen LogP) is 3.19. The molecular formula is C16H24O4S. The quantitative estimate of drug-likeness (QED) is 0.781. The van der Waals surface area contributed by atoms with Gasteiger partial charge in [-0.2, -0.15) is 8.42 Å². The van der Waals surface area contributed by atoms with Gasteiger partial charge in [0.05, 0.1) is 10.5 Å². The molecule has 2 aliphatic rings. The Morgan fingerprint density at radius 3 is 2.24 bits per heavy atom. The summed E-state index contributed by atoms with van der Waals surface area (Å²) in [6, 6.07) is 5.99. The van der Waals surface area contributed by atoms with Crippen LogP contribution in [0, 0.1) is 18.8 Å². The van der Waals surface area contributed by atoms with Crippen molar-refractivity contribution >= 4 is 10.1 Å². The van der Waals surface area contributed by atoms with Gasteiger partial charge in [0.25, 0.3) is 10.1 Å². The average molecular weight is 312 g/mol. The third-order valence-corrected chi connectivity index (χ3v) is 5.68. The Labute approximate surface area is 126 Å². The molecule has 0 aromatic heterocycles. The lowest BCUT2D eigenvalue weighted by atomic mass is 9.79. The molecule has 2 aliphatic carbocycles. The minimum atomic E-state index is -4.02. The molecule has 3 unspecified atom stereocenters. The largest absolute Gasteiger partial charge is 0.390 e. The molecule has 3 rings (SSSR count). The molecule has 3 atom stereocenters. The van der Waals surface area contributed by atoms with Crippen LogP contribution in [0.4, 0.5) is 0 Å². The minimum Gasteiger partial charge on any atom is -0.390 e. The van der Waals surface area contributed by atoms with Crippen molar-refractivity contribution in [3.05, 3.63) is 29.8 Å². The first-order valence-electron chi connectivity index (χ1n) is 7.46. The Bertz CT molecular complexity index is 579. The molecular weight excluding hydrogens is 288 g/mol. The summed E-state index contributed by atoms with van der Waals surface area (Å²) in [6.07, 6.45) is 5.75. The van der Waals surface area contributed by atoms with E-state index in [0.717, 1.165) is 36.7 Å². The highest BCUT2D eigenvalue weighted by molar-refractivity contribution is 7.85. The van der Waals surface area contributed by atoms with Crippen LogP contribution >= 0.6 is 0 Å². The molecule has 0 amide bonds. The van der Waals surface area contributed by atoms with E-state index < -0.39 is 10.1 Å². The summed E-state index contributed by atoms with van der Waals surface area (Å²) in [5.74, 6) is 1.72. The normalized spacial score (nSPS) is 31.4. The van der Waals surface area contributed by atoms with E-state index >= 15 is 0 Å². The molecule has 1 aromatic rings. The summed E-state index contributed by atoms with van der Waals surface area (Å²) in [5, 5.41) is 9.84. The van der Waals surface area contributed by atoms with Gasteiger partial charge < -0.3 is 5.11 Å². The van der Waals surface area contributed by atoms with E-state index in [1.54, 1.807) is 12.1 Å². The van der Waals surface area contributed by atoms with Gasteiger partial charge in [-0.15, -0.1) is 0 Å². The number of aryl methyl sites for hydroxylation is 1. The van der Waals surface area contributed by atoms with Gasteiger partial charge in [0.2, 0.25) is 0 Å². The highest BCUT2D eigenvalue weighted by Crippen LogP contribution is 2.47. The summed E-state index contributed by atoms with van der Waals surface area (Å²) in [4.78, 5) is -0.0666. The zero-order valence-corrected chi connectivity index (χ0v) is 13.4. The molecule has 1 aromatic carbocycles. The molecule has 2 N–H and O–H groups in total. The zero-order valence-electron chi connectivity index (χ0n) is 12.6. The van der Waals surface area contributed by atoms with Crippen LogP contribution in [0.1, 0.15) is 44.6 Å². The Kier molecular flexibility index (Phi) is 4.76. The van der Waals surface area contributed by atoms with Crippen LogP contribution in [0.15, 0.2) is 29.2 Å². The van der Waals surface area contributed by atoms with Crippen molar-refractivity contribution in [2.24, 2.45) is 11.8 Å². The van der Waals surface area contributed by atoms with Gasteiger partial charge in [0.1, 0.15) is 0 Å². The molecule has 2 saturated carbocycles. The predicted molar refractivity (Wildman–Crippen MR) is 81.7 cm³/mol. The maximum atomic E-state index is 10.5. The fourth-order valence-electron chi connectivity index (χ4n) is 3.30. The van der Waals surface area contributed by atoms with Gasteiger partial charge in [-0.1, -0.05) is 24.6 Å². The maximum Gasteiger partial charge on any atom is 0.294 e. The van der Waals surface area contributed by atoms with E-state index in [1.807, 2.05) is 6.92 Å². The minimum absolute atomic E-state index is 0.0666. The Hall–Kier alpha value is -0.910. The fourth-order valence-corrected chi connectivity index (χ4v) is 3.78. The van der Waals surface area contributed by atoms with Crippen LogP contribution in [-0.4, -0.2) is 23.7 Å². The molecule has 21 heavy (non-hydrogen) atoms. The molecule has 2 bridgehead atoms. The topological polar surface area (TPSA) is 74.6 Å². The molecule has 0 aliphatic heterocycles. The Morgan fingerprint density at radius 2 is 1.71 bits per heavy atom. The molecule has 118 valence electrons. The van der Waals surface area contributed by atoms with Crippen molar-refractivity contribution < 1.29 is 18.1 Å². The van der Waals surface area contributed by atoms with Gasteiger partial charge in [0, 0.05) is 0 Å². The molecule has 4 nitrogen and oxygen atoms in total. The first-order valence-corrected chi connectivity index (χ1v) is 8.90. The molecule has 0 heterocycles. The summed E-state index contributed by atoms with van der Waals surface area (Å²) < 4.78 is 29.6. The summed E-state index contributed by atoms with van der Waals surface area (Å²) in [7, 11) is -4.02. The van der Waals surface area contributed by atoms with Crippen LogP contribution < -0.4 is 0 Å². The SMILES string of the molecule is CC1CCC2(O)CCC1C2.Cc1ccc(S(=O)(=O)O)cc1. The third kappa shape index (κ3) is 4.28. The number of benzene rings is 1. The third-order valence-electron chi connectivity index (χ3n) is 4.81. The van der Waals surface area contributed by atoms with E-state index in [0.29, 0.717) is 0 Å². The van der Waals surface area contributed by atoms with Crippen molar-refractivity contribution in [3.63, 3.8) is 0 Å². The zero-order chi connectivity index (χ0) is 15.7. The smallest absolute Gasteiger partial charge is 0.294 e. The van der Waals surface area contributed by atoms with E-state index in [2.05, 4.69) is 6.92 Å². The monoisotopic (exact) mass is 312 g/mol. The van der Waals surface area contributed by atoms with Crippen molar-refractivity contribution in [1.29, 1.82) is 0 Å². The summed E-state index contributed by atoms with van der Waals surface area (Å²) in [5.41, 5.74) is 0.731. The van der Waals surface area contributed by atoms with Gasteiger partial charge >= 0.3 is 0 Å². The second kappa shape index (κ2) is 6.07. The van der Waals surface area contributed by atoms with Gasteiger partial charge in [-0.05, 0) is 63.0 Å². The van der Waals surface area contributed by atoms with E-state index in [1.165, 1.54) is 25.0 Å². The lowest BCUT2D eigenvalue weighted by Gasteiger charge is -2.31. The average Bonchev–Trinajstić information content (AvgIpc) is 2.73. The second-order valence-electron chi connectivity index (χ2n) is 6.53. The summed E-state index contributed by atoms with van der Waals surface area (Å²) >= 11 is 0. The van der Waals surface area contributed by atoms with Gasteiger partial charge in [-0.25, -0.2) is 0 Å². The number of hydrogen-bond donors (Lipinski definition) is 2. The van der Waals surface area contributed by atoms with Crippen LogP contribution in [0.25, 0.3) is 0 Å². The second-order valence-corrected chi connectivity index (χ2v) is 7.95. The lowest BCUT2D eigenvalue weighted by Crippen LogP contribution is -2.30. The lowest BCUT2D eigenvalue weighted by molar-refractivity contribution is 0.00774. The van der Waals surface area contributed by atoms with Gasteiger partial charge in [0.15, 0.2) is 0 Å². The number of rotatable bonds is 1. The fraction of sp³-hybridized carbons (Fsp3) is 0.625. The van der Waals surface area contributed by atoms with Crippen LogP contribution in [-0.2, 0) is 10.1 Å². The van der Waals surface area contributed by atoms with Crippen molar-refractivity contribution in [2.75, 3.05) is 0 Å².